The van der Waals surface area contributed by atoms with Gasteiger partial charge in [-0.1, -0.05) is 17.7 Å². The minimum absolute atomic E-state index is 0.0408. The number of aryl methyl sites for hydroxylation is 1. The number of hydrogen-bond acceptors (Lipinski definition) is 5. The van der Waals surface area contributed by atoms with E-state index in [1.165, 1.54) is 28.5 Å². The molecule has 0 radical (unpaired) electrons. The summed E-state index contributed by atoms with van der Waals surface area (Å²) < 4.78 is 2.83. The van der Waals surface area contributed by atoms with Crippen molar-refractivity contribution in [1.82, 2.24) is 9.58 Å². The Balaban J connectivity index is 1.76. The maximum atomic E-state index is 12.5. The zero-order chi connectivity index (χ0) is 20.0. The molecule has 0 bridgehead atoms. The summed E-state index contributed by atoms with van der Waals surface area (Å²) in [6.07, 6.45) is 3.61. The lowest BCUT2D eigenvalue weighted by molar-refractivity contribution is -0.114. The van der Waals surface area contributed by atoms with Crippen LogP contribution in [0.3, 0.4) is 0 Å². The highest BCUT2D eigenvalue weighted by Gasteiger charge is 2.35. The van der Waals surface area contributed by atoms with Crippen molar-refractivity contribution in [3.05, 3.63) is 57.9 Å². The van der Waals surface area contributed by atoms with E-state index in [2.05, 4.69) is 14.7 Å². The van der Waals surface area contributed by atoms with E-state index in [1.807, 2.05) is 50.4 Å². The highest BCUT2D eigenvalue weighted by Crippen LogP contribution is 2.32. The van der Waals surface area contributed by atoms with Crippen LogP contribution in [0, 0.1) is 19.3 Å². The standard InChI is InChI=1S/C19H16ClN5OS2/c1-10-7-12(11(2)24(10)14-6-4-5-13(20)9-14)8-15-16(21)25-18(22-17(15)26)28-19(23-25)27-3/h4-9,21H,1-3H3/b15-8+,21-16?. The first kappa shape index (κ1) is 19.0. The number of aliphatic imine (C=N–C) groups is 1. The first-order valence-corrected chi connectivity index (χ1v) is 10.8. The summed E-state index contributed by atoms with van der Waals surface area (Å²) in [5, 5.41) is 15.3. The van der Waals surface area contributed by atoms with Gasteiger partial charge in [0.15, 0.2) is 10.2 Å². The van der Waals surface area contributed by atoms with Crippen molar-refractivity contribution in [2.75, 3.05) is 6.26 Å². The van der Waals surface area contributed by atoms with Gasteiger partial charge in [0.2, 0.25) is 5.17 Å². The molecule has 0 fully saturated rings. The maximum absolute atomic E-state index is 12.5. The second-order valence-electron chi connectivity index (χ2n) is 6.23. The fraction of sp³-hybridized carbons (Fsp3) is 0.158. The zero-order valence-corrected chi connectivity index (χ0v) is 17.7. The quantitative estimate of drug-likeness (QED) is 0.703. The highest BCUT2D eigenvalue weighted by molar-refractivity contribution is 8.45. The van der Waals surface area contributed by atoms with Gasteiger partial charge in [0, 0.05) is 22.1 Å². The van der Waals surface area contributed by atoms with Crippen molar-refractivity contribution in [2.45, 2.75) is 13.8 Å². The van der Waals surface area contributed by atoms with Crippen LogP contribution < -0.4 is 0 Å². The molecular formula is C19H16ClN5OS2. The molecule has 2 aliphatic rings. The second kappa shape index (κ2) is 7.27. The predicted octanol–water partition coefficient (Wildman–Crippen LogP) is 4.69. The molecule has 0 unspecified atom stereocenters. The number of hydrogen-bond donors (Lipinski definition) is 1. The lowest BCUT2D eigenvalue weighted by Crippen LogP contribution is -2.35. The molecule has 0 saturated carbocycles. The Bertz CT molecular complexity index is 1120. The minimum atomic E-state index is -0.422. The number of carbonyl (C=O) groups excluding carboxylic acids is 1. The van der Waals surface area contributed by atoms with Gasteiger partial charge in [0.1, 0.15) is 0 Å². The third-order valence-corrected chi connectivity index (χ3v) is 6.57. The second-order valence-corrected chi connectivity index (χ2v) is 8.68. The van der Waals surface area contributed by atoms with E-state index in [0.717, 1.165) is 27.0 Å². The summed E-state index contributed by atoms with van der Waals surface area (Å²) in [7, 11) is 0. The Morgan fingerprint density at radius 3 is 2.79 bits per heavy atom. The Kier molecular flexibility index (Phi) is 4.95. The predicted molar refractivity (Wildman–Crippen MR) is 119 cm³/mol. The molecule has 142 valence electrons. The van der Waals surface area contributed by atoms with E-state index in [9.17, 15) is 4.79 Å². The van der Waals surface area contributed by atoms with Crippen molar-refractivity contribution >= 4 is 62.5 Å². The molecule has 9 heteroatoms. The number of aromatic nitrogens is 1. The average Bonchev–Trinajstić information content (AvgIpc) is 3.19. The molecule has 2 aromatic rings. The molecule has 0 spiro atoms. The van der Waals surface area contributed by atoms with Crippen LogP contribution in [0.25, 0.3) is 11.8 Å². The van der Waals surface area contributed by atoms with Gasteiger partial charge in [-0.3, -0.25) is 10.2 Å². The summed E-state index contributed by atoms with van der Waals surface area (Å²) in [4.78, 5) is 16.7. The third kappa shape index (κ3) is 3.21. The highest BCUT2D eigenvalue weighted by atomic mass is 35.5. The Morgan fingerprint density at radius 1 is 1.29 bits per heavy atom. The zero-order valence-electron chi connectivity index (χ0n) is 15.4. The maximum Gasteiger partial charge on any atom is 0.283 e. The number of nitrogens with zero attached hydrogens (tertiary/aromatic N) is 4. The number of nitrogens with one attached hydrogen (secondary N) is 1. The lowest BCUT2D eigenvalue weighted by Gasteiger charge is -2.20. The number of rotatable bonds is 2. The number of fused-ring (bicyclic) bond motifs is 1. The number of amidine groups is 2. The fourth-order valence-corrected chi connectivity index (χ4v) is 4.69. The molecule has 3 heterocycles. The molecule has 28 heavy (non-hydrogen) atoms. The average molecular weight is 430 g/mol. The summed E-state index contributed by atoms with van der Waals surface area (Å²) in [6.45, 7) is 3.97. The molecule has 2 aliphatic heterocycles. The fourth-order valence-electron chi connectivity index (χ4n) is 3.16. The van der Waals surface area contributed by atoms with Gasteiger partial charge < -0.3 is 4.57 Å². The van der Waals surface area contributed by atoms with Gasteiger partial charge >= 0.3 is 0 Å². The summed E-state index contributed by atoms with van der Waals surface area (Å²) >= 11 is 8.91. The molecule has 4 rings (SSSR count). The van der Waals surface area contributed by atoms with Crippen LogP contribution >= 0.6 is 35.1 Å². The topological polar surface area (TPSA) is 73.8 Å². The largest absolute Gasteiger partial charge is 0.318 e. The van der Waals surface area contributed by atoms with E-state index < -0.39 is 5.91 Å². The lowest BCUT2D eigenvalue weighted by atomic mass is 10.1. The van der Waals surface area contributed by atoms with Gasteiger partial charge in [-0.2, -0.15) is 10.0 Å². The normalized spacial score (nSPS) is 17.9. The van der Waals surface area contributed by atoms with Crippen LogP contribution in [-0.2, 0) is 4.79 Å². The van der Waals surface area contributed by atoms with E-state index in [-0.39, 0.29) is 11.4 Å². The number of benzene rings is 1. The first-order chi connectivity index (χ1) is 13.4. The van der Waals surface area contributed by atoms with Crippen molar-refractivity contribution in [3.8, 4) is 5.69 Å². The first-order valence-electron chi connectivity index (χ1n) is 8.38. The number of hydrazone groups is 1. The summed E-state index contributed by atoms with van der Waals surface area (Å²) in [6, 6.07) is 9.59. The molecule has 0 saturated heterocycles. The summed E-state index contributed by atoms with van der Waals surface area (Å²) in [5.41, 5.74) is 3.98. The Morgan fingerprint density at radius 2 is 2.07 bits per heavy atom. The van der Waals surface area contributed by atoms with Crippen LogP contribution in [0.5, 0.6) is 0 Å². The molecule has 1 aromatic heterocycles. The molecule has 1 aromatic carbocycles. The monoisotopic (exact) mass is 429 g/mol. The minimum Gasteiger partial charge on any atom is -0.318 e. The van der Waals surface area contributed by atoms with Crippen LogP contribution in [-0.4, -0.2) is 37.1 Å². The van der Waals surface area contributed by atoms with E-state index in [0.29, 0.717) is 10.2 Å². The molecule has 0 aliphatic carbocycles. The van der Waals surface area contributed by atoms with Gasteiger partial charge in [0.25, 0.3) is 5.91 Å². The molecule has 1 N–H and O–H groups in total. The number of halogens is 1. The SMILES string of the molecule is CSC1=NN2C(=N)/C(=C\c3cc(C)n(-c4cccc(Cl)c4)c3C)C(=O)N=C2S1. The molecule has 1 amide bonds. The number of thioether (sulfide) groups is 2. The van der Waals surface area contributed by atoms with Crippen LogP contribution in [0.2, 0.25) is 5.02 Å². The molecule has 6 nitrogen and oxygen atoms in total. The molecule has 0 atom stereocenters. The van der Waals surface area contributed by atoms with Gasteiger partial charge in [-0.05, 0) is 67.8 Å². The van der Waals surface area contributed by atoms with E-state index in [1.54, 1.807) is 6.08 Å². The van der Waals surface area contributed by atoms with Gasteiger partial charge in [0.05, 0.1) is 5.57 Å². The Hall–Kier alpha value is -2.29. The van der Waals surface area contributed by atoms with E-state index >= 15 is 0 Å². The Labute approximate surface area is 175 Å². The van der Waals surface area contributed by atoms with Crippen molar-refractivity contribution in [2.24, 2.45) is 10.1 Å². The number of carbonyl (C=O) groups is 1. The smallest absolute Gasteiger partial charge is 0.283 e. The van der Waals surface area contributed by atoms with Crippen LogP contribution in [0.15, 0.2) is 46.0 Å². The molecular weight excluding hydrogens is 414 g/mol. The number of amides is 1. The van der Waals surface area contributed by atoms with E-state index in [4.69, 9.17) is 17.0 Å². The summed E-state index contributed by atoms with van der Waals surface area (Å²) in [5.74, 6) is -0.382. The third-order valence-electron chi connectivity index (χ3n) is 4.45. The van der Waals surface area contributed by atoms with Crippen LogP contribution in [0.1, 0.15) is 17.0 Å². The van der Waals surface area contributed by atoms with Crippen molar-refractivity contribution in [1.29, 1.82) is 5.41 Å². The van der Waals surface area contributed by atoms with Gasteiger partial charge in [-0.25, -0.2) is 0 Å². The van der Waals surface area contributed by atoms with Gasteiger partial charge in [-0.15, -0.1) is 16.9 Å². The van der Waals surface area contributed by atoms with Crippen LogP contribution in [0.4, 0.5) is 0 Å². The van der Waals surface area contributed by atoms with Crippen molar-refractivity contribution in [3.63, 3.8) is 0 Å². The van der Waals surface area contributed by atoms with Crippen molar-refractivity contribution < 1.29 is 4.79 Å².